The molecule has 3 rings (SSSR count). The Balaban J connectivity index is 2.78. The van der Waals surface area contributed by atoms with Gasteiger partial charge in [-0.2, -0.15) is 0 Å². The summed E-state index contributed by atoms with van der Waals surface area (Å²) in [5.74, 6) is 0. The summed E-state index contributed by atoms with van der Waals surface area (Å²) in [7, 11) is 1.69. The molecule has 0 spiro atoms. The van der Waals surface area contributed by atoms with E-state index in [2.05, 4.69) is 4.98 Å². The van der Waals surface area contributed by atoms with E-state index in [1.54, 1.807) is 35.8 Å². The van der Waals surface area contributed by atoms with Crippen LogP contribution in [0.5, 0.6) is 0 Å². The number of pyridine rings is 1. The second-order valence-electron chi connectivity index (χ2n) is 3.68. The predicted molar refractivity (Wildman–Crippen MR) is 60.8 cm³/mol. The Labute approximate surface area is 89.6 Å². The zero-order chi connectivity index (χ0) is 11.3. The third-order valence-corrected chi connectivity index (χ3v) is 2.75. The van der Waals surface area contributed by atoms with Gasteiger partial charge in [0.05, 0.1) is 5.52 Å². The highest BCUT2D eigenvalue weighted by atomic mass is 16.1. The first-order valence-electron chi connectivity index (χ1n) is 4.87. The average Bonchev–Trinajstić information content (AvgIpc) is 2.75. The standard InChI is InChI=1S/C11H9N3O2/c1-13-7-4-5-9(15)12-10(7)14-6-2-3-8(14)11(13)16/h2-6H,1H3,(H,12,15). The normalized spacial score (nSPS) is 11.3. The van der Waals surface area contributed by atoms with Crippen LogP contribution in [0.4, 0.5) is 0 Å². The van der Waals surface area contributed by atoms with Crippen molar-refractivity contribution in [3.8, 4) is 0 Å². The smallest absolute Gasteiger partial charge is 0.275 e. The number of aromatic amines is 1. The van der Waals surface area contributed by atoms with Gasteiger partial charge in [-0.1, -0.05) is 0 Å². The van der Waals surface area contributed by atoms with Gasteiger partial charge >= 0.3 is 0 Å². The number of aryl methyl sites for hydroxylation is 1. The third-order valence-electron chi connectivity index (χ3n) is 2.75. The maximum Gasteiger partial charge on any atom is 0.275 e. The second-order valence-corrected chi connectivity index (χ2v) is 3.68. The highest BCUT2D eigenvalue weighted by Gasteiger charge is 2.07. The summed E-state index contributed by atoms with van der Waals surface area (Å²) in [5, 5.41) is 0. The van der Waals surface area contributed by atoms with Crippen LogP contribution < -0.4 is 11.1 Å². The Hall–Kier alpha value is -2.30. The quantitative estimate of drug-likeness (QED) is 0.593. The summed E-state index contributed by atoms with van der Waals surface area (Å²) in [6.07, 6.45) is 1.76. The summed E-state index contributed by atoms with van der Waals surface area (Å²) >= 11 is 0. The molecule has 0 amide bonds. The summed E-state index contributed by atoms with van der Waals surface area (Å²) in [4.78, 5) is 26.0. The van der Waals surface area contributed by atoms with Gasteiger partial charge in [-0.15, -0.1) is 0 Å². The van der Waals surface area contributed by atoms with Crippen LogP contribution in [0.25, 0.3) is 16.7 Å². The van der Waals surface area contributed by atoms with Crippen molar-refractivity contribution in [2.45, 2.75) is 0 Å². The van der Waals surface area contributed by atoms with Crippen LogP contribution in [0.15, 0.2) is 40.1 Å². The fourth-order valence-electron chi connectivity index (χ4n) is 1.94. The molecule has 0 aliphatic carbocycles. The van der Waals surface area contributed by atoms with Crippen LogP contribution in [0.1, 0.15) is 0 Å². The van der Waals surface area contributed by atoms with Crippen LogP contribution in [-0.4, -0.2) is 14.0 Å². The molecule has 0 saturated heterocycles. The van der Waals surface area contributed by atoms with E-state index in [1.807, 2.05) is 0 Å². The zero-order valence-electron chi connectivity index (χ0n) is 8.60. The van der Waals surface area contributed by atoms with E-state index in [4.69, 9.17) is 0 Å². The molecule has 0 saturated carbocycles. The molecule has 0 aromatic carbocycles. The minimum absolute atomic E-state index is 0.0791. The predicted octanol–water partition coefficient (Wildman–Crippen LogP) is 0.479. The average molecular weight is 215 g/mol. The lowest BCUT2D eigenvalue weighted by Gasteiger charge is -2.06. The molecule has 3 aromatic rings. The fourth-order valence-corrected chi connectivity index (χ4v) is 1.94. The third kappa shape index (κ3) is 0.995. The molecule has 5 heteroatoms. The molecule has 0 atom stereocenters. The van der Waals surface area contributed by atoms with Gasteiger partial charge in [0.1, 0.15) is 11.2 Å². The van der Waals surface area contributed by atoms with Gasteiger partial charge in [-0.3, -0.25) is 14.0 Å². The molecule has 0 aliphatic rings. The Bertz CT molecular complexity index is 807. The van der Waals surface area contributed by atoms with E-state index in [0.717, 1.165) is 0 Å². The van der Waals surface area contributed by atoms with Gasteiger partial charge in [0.25, 0.3) is 5.56 Å². The number of nitrogens with one attached hydrogen (secondary N) is 1. The minimum Gasteiger partial charge on any atom is -0.307 e. The number of aromatic nitrogens is 3. The van der Waals surface area contributed by atoms with Gasteiger partial charge in [-0.05, 0) is 18.2 Å². The molecule has 0 radical (unpaired) electrons. The molecule has 3 aromatic heterocycles. The van der Waals surface area contributed by atoms with Gasteiger partial charge in [0.2, 0.25) is 5.56 Å². The van der Waals surface area contributed by atoms with Crippen LogP contribution in [-0.2, 0) is 7.05 Å². The van der Waals surface area contributed by atoms with Crippen molar-refractivity contribution < 1.29 is 0 Å². The van der Waals surface area contributed by atoms with E-state index in [1.165, 1.54) is 10.6 Å². The summed E-state index contributed by atoms with van der Waals surface area (Å²) < 4.78 is 3.22. The molecule has 80 valence electrons. The molecule has 16 heavy (non-hydrogen) atoms. The maximum atomic E-state index is 11.9. The number of nitrogens with zero attached hydrogens (tertiary/aromatic N) is 2. The van der Waals surface area contributed by atoms with Crippen molar-refractivity contribution in [1.29, 1.82) is 0 Å². The fraction of sp³-hybridized carbons (Fsp3) is 0.0909. The van der Waals surface area contributed by atoms with Crippen molar-refractivity contribution in [1.82, 2.24) is 14.0 Å². The number of hydrogen-bond acceptors (Lipinski definition) is 2. The highest BCUT2D eigenvalue weighted by molar-refractivity contribution is 5.74. The highest BCUT2D eigenvalue weighted by Crippen LogP contribution is 2.09. The minimum atomic E-state index is -0.179. The summed E-state index contributed by atoms with van der Waals surface area (Å²) in [6, 6.07) is 6.57. The number of H-pyrrole nitrogens is 1. The molecule has 0 fully saturated rings. The van der Waals surface area contributed by atoms with E-state index in [9.17, 15) is 9.59 Å². The first-order chi connectivity index (χ1) is 7.68. The first kappa shape index (κ1) is 8.96. The molecule has 0 bridgehead atoms. The van der Waals surface area contributed by atoms with Crippen molar-refractivity contribution >= 4 is 16.7 Å². The van der Waals surface area contributed by atoms with E-state index < -0.39 is 0 Å². The SMILES string of the molecule is Cn1c(=O)c2cccn2c2[nH]c(=O)ccc21. The number of hydrogen-bond donors (Lipinski definition) is 1. The molecule has 0 unspecified atom stereocenters. The van der Waals surface area contributed by atoms with Crippen molar-refractivity contribution in [2.75, 3.05) is 0 Å². The Morgan fingerprint density at radius 3 is 2.75 bits per heavy atom. The Morgan fingerprint density at radius 2 is 1.94 bits per heavy atom. The molecule has 0 aliphatic heterocycles. The molecule has 3 heterocycles. The van der Waals surface area contributed by atoms with E-state index >= 15 is 0 Å². The van der Waals surface area contributed by atoms with Crippen molar-refractivity contribution in [3.63, 3.8) is 0 Å². The van der Waals surface area contributed by atoms with Gasteiger partial charge in [0.15, 0.2) is 0 Å². The van der Waals surface area contributed by atoms with E-state index in [-0.39, 0.29) is 11.1 Å². The van der Waals surface area contributed by atoms with Crippen LogP contribution >= 0.6 is 0 Å². The first-order valence-corrected chi connectivity index (χ1v) is 4.87. The van der Waals surface area contributed by atoms with Crippen molar-refractivity contribution in [2.24, 2.45) is 7.05 Å². The van der Waals surface area contributed by atoms with Crippen LogP contribution in [0.2, 0.25) is 0 Å². The number of fused-ring (bicyclic) bond motifs is 3. The zero-order valence-corrected chi connectivity index (χ0v) is 8.60. The Kier molecular flexibility index (Phi) is 1.60. The second kappa shape index (κ2) is 2.85. The lowest BCUT2D eigenvalue weighted by molar-refractivity contribution is 0.892. The molecule has 1 N–H and O–H groups in total. The maximum absolute atomic E-state index is 11.9. The molecule has 5 nitrogen and oxygen atoms in total. The monoisotopic (exact) mass is 215 g/mol. The Morgan fingerprint density at radius 1 is 1.12 bits per heavy atom. The van der Waals surface area contributed by atoms with Crippen molar-refractivity contribution in [3.05, 3.63) is 51.2 Å². The topological polar surface area (TPSA) is 59.3 Å². The number of rotatable bonds is 0. The van der Waals surface area contributed by atoms with Crippen LogP contribution in [0.3, 0.4) is 0 Å². The van der Waals surface area contributed by atoms with Crippen LogP contribution in [0, 0.1) is 0 Å². The molecular weight excluding hydrogens is 206 g/mol. The lowest BCUT2D eigenvalue weighted by Crippen LogP contribution is -2.21. The molecular formula is C11H9N3O2. The largest absolute Gasteiger partial charge is 0.307 e. The lowest BCUT2D eigenvalue weighted by atomic mass is 10.4. The van der Waals surface area contributed by atoms with E-state index in [0.29, 0.717) is 16.7 Å². The van der Waals surface area contributed by atoms with Gasteiger partial charge in [-0.25, -0.2) is 0 Å². The summed E-state index contributed by atoms with van der Waals surface area (Å²) in [6.45, 7) is 0. The van der Waals surface area contributed by atoms with Gasteiger partial charge < -0.3 is 9.55 Å². The van der Waals surface area contributed by atoms with Gasteiger partial charge in [0, 0.05) is 19.3 Å². The summed E-state index contributed by atoms with van der Waals surface area (Å²) in [5.41, 5.74) is 1.63.